The normalized spacial score (nSPS) is 22.9. The van der Waals surface area contributed by atoms with E-state index in [2.05, 4.69) is 21.2 Å². The second-order valence-electron chi connectivity index (χ2n) is 8.26. The van der Waals surface area contributed by atoms with Gasteiger partial charge in [-0.2, -0.15) is 22.6 Å². The third-order valence-electron chi connectivity index (χ3n) is 6.43. The monoisotopic (exact) mass is 446 g/mol. The molecule has 1 fully saturated rings. The molecule has 0 spiro atoms. The number of nitrogens with zero attached hydrogens (tertiary/aromatic N) is 3. The number of hydrogen-bond donors (Lipinski definition) is 1. The molecule has 2 aliphatic heterocycles. The summed E-state index contributed by atoms with van der Waals surface area (Å²) >= 11 is 0. The number of hydrogen-bond acceptors (Lipinski definition) is 4. The first-order chi connectivity index (χ1) is 14.8. The highest BCUT2D eigenvalue weighted by Gasteiger charge is 2.52. The molecule has 160 valence electrons. The lowest BCUT2D eigenvalue weighted by molar-refractivity contribution is -0.141. The van der Waals surface area contributed by atoms with E-state index in [9.17, 15) is 21.6 Å². The van der Waals surface area contributed by atoms with Crippen LogP contribution in [0.3, 0.4) is 0 Å². The zero-order valence-corrected chi connectivity index (χ0v) is 16.9. The number of aromatic nitrogens is 3. The Morgan fingerprint density at radius 1 is 1.03 bits per heavy atom. The van der Waals surface area contributed by atoms with Gasteiger partial charge in [-0.3, -0.25) is 10.1 Å². The van der Waals surface area contributed by atoms with Crippen LogP contribution in [-0.4, -0.2) is 27.9 Å². The standard InChI is InChI=1S/C21H17F3N4O2S/c22-21(23,24)18-7-6-12(9-25-18)31(29,30)28-17-8-16-15(10-26-27-16)20(28)19-13(11-4-5-11)2-1-3-14(17)19/h1-3,6-7,9-11,17,20H,4-5,8H2,(H,26,27). The number of pyridine rings is 1. The van der Waals surface area contributed by atoms with Crippen LogP contribution in [0.1, 0.15) is 64.5 Å². The summed E-state index contributed by atoms with van der Waals surface area (Å²) in [6.45, 7) is 0. The van der Waals surface area contributed by atoms with E-state index in [0.717, 1.165) is 53.1 Å². The molecule has 1 saturated carbocycles. The molecule has 1 aliphatic carbocycles. The molecule has 0 saturated heterocycles. The molecule has 2 unspecified atom stereocenters. The molecule has 3 aliphatic rings. The van der Waals surface area contributed by atoms with Gasteiger partial charge in [-0.1, -0.05) is 18.2 Å². The lowest BCUT2D eigenvalue weighted by Gasteiger charge is -2.33. The van der Waals surface area contributed by atoms with Gasteiger partial charge in [0.05, 0.1) is 18.3 Å². The molecule has 2 bridgehead atoms. The molecule has 3 aromatic rings. The van der Waals surface area contributed by atoms with Crippen molar-refractivity contribution in [1.29, 1.82) is 0 Å². The molecule has 0 amide bonds. The van der Waals surface area contributed by atoms with Crippen LogP contribution in [0.2, 0.25) is 0 Å². The van der Waals surface area contributed by atoms with Crippen molar-refractivity contribution in [2.45, 2.75) is 48.3 Å². The molecule has 0 radical (unpaired) electrons. The summed E-state index contributed by atoms with van der Waals surface area (Å²) in [6, 6.07) is 6.68. The van der Waals surface area contributed by atoms with E-state index in [0.29, 0.717) is 18.4 Å². The van der Waals surface area contributed by atoms with Crippen LogP contribution in [0.5, 0.6) is 0 Å². The molecular formula is C21H17F3N4O2S. The predicted molar refractivity (Wildman–Crippen MR) is 104 cm³/mol. The topological polar surface area (TPSA) is 79.0 Å². The summed E-state index contributed by atoms with van der Waals surface area (Å²) in [4.78, 5) is 3.12. The van der Waals surface area contributed by atoms with Gasteiger partial charge in [0.15, 0.2) is 0 Å². The Bertz CT molecular complexity index is 1300. The van der Waals surface area contributed by atoms with Crippen LogP contribution in [-0.2, 0) is 22.6 Å². The largest absolute Gasteiger partial charge is 0.433 e. The van der Waals surface area contributed by atoms with Gasteiger partial charge in [0.25, 0.3) is 0 Å². The third kappa shape index (κ3) is 2.71. The smallest absolute Gasteiger partial charge is 0.282 e. The second kappa shape index (κ2) is 6.17. The fourth-order valence-corrected chi connectivity index (χ4v) is 6.63. The summed E-state index contributed by atoms with van der Waals surface area (Å²) in [5, 5.41) is 7.11. The van der Waals surface area contributed by atoms with Gasteiger partial charge in [-0.25, -0.2) is 8.42 Å². The van der Waals surface area contributed by atoms with Crippen LogP contribution in [0.15, 0.2) is 47.6 Å². The van der Waals surface area contributed by atoms with Crippen molar-refractivity contribution in [1.82, 2.24) is 19.5 Å². The highest BCUT2D eigenvalue weighted by molar-refractivity contribution is 7.89. The van der Waals surface area contributed by atoms with Gasteiger partial charge in [0.1, 0.15) is 10.6 Å². The van der Waals surface area contributed by atoms with Crippen molar-refractivity contribution in [2.24, 2.45) is 0 Å². The number of benzene rings is 1. The van der Waals surface area contributed by atoms with Crippen LogP contribution in [0.25, 0.3) is 0 Å². The van der Waals surface area contributed by atoms with Gasteiger partial charge in [0.2, 0.25) is 10.0 Å². The van der Waals surface area contributed by atoms with E-state index in [-0.39, 0.29) is 4.90 Å². The van der Waals surface area contributed by atoms with Crippen molar-refractivity contribution in [3.8, 4) is 0 Å². The van der Waals surface area contributed by atoms with Gasteiger partial charge < -0.3 is 0 Å². The van der Waals surface area contributed by atoms with Gasteiger partial charge >= 0.3 is 6.18 Å². The average molecular weight is 446 g/mol. The number of fused-ring (bicyclic) bond motifs is 7. The van der Waals surface area contributed by atoms with Gasteiger partial charge in [-0.15, -0.1) is 0 Å². The summed E-state index contributed by atoms with van der Waals surface area (Å²) < 4.78 is 67.5. The number of nitrogens with one attached hydrogen (secondary N) is 1. The minimum Gasteiger partial charge on any atom is -0.282 e. The zero-order chi connectivity index (χ0) is 21.5. The van der Waals surface area contributed by atoms with Crippen LogP contribution >= 0.6 is 0 Å². The molecule has 2 aromatic heterocycles. The van der Waals surface area contributed by atoms with E-state index >= 15 is 0 Å². The maximum atomic E-state index is 13.7. The molecule has 4 heterocycles. The molecule has 6 rings (SSSR count). The fourth-order valence-electron chi connectivity index (χ4n) is 4.94. The summed E-state index contributed by atoms with van der Waals surface area (Å²) in [7, 11) is -4.11. The number of halogens is 3. The first kappa shape index (κ1) is 19.0. The minimum absolute atomic E-state index is 0.247. The summed E-state index contributed by atoms with van der Waals surface area (Å²) in [5.41, 5.74) is 3.69. The number of sulfonamides is 1. The Hall–Kier alpha value is -2.72. The molecule has 10 heteroatoms. The van der Waals surface area contributed by atoms with Crippen molar-refractivity contribution in [3.63, 3.8) is 0 Å². The van der Waals surface area contributed by atoms with Crippen molar-refractivity contribution >= 4 is 10.0 Å². The summed E-state index contributed by atoms with van der Waals surface area (Å²) in [5.74, 6) is 0.418. The van der Waals surface area contributed by atoms with E-state index in [4.69, 9.17) is 0 Å². The van der Waals surface area contributed by atoms with Crippen LogP contribution in [0.4, 0.5) is 13.2 Å². The second-order valence-corrected chi connectivity index (χ2v) is 10.1. The van der Waals surface area contributed by atoms with Crippen LogP contribution in [0, 0.1) is 0 Å². The minimum atomic E-state index is -4.63. The number of rotatable bonds is 3. The van der Waals surface area contributed by atoms with Crippen LogP contribution < -0.4 is 0 Å². The Labute approximate surface area is 176 Å². The maximum absolute atomic E-state index is 13.7. The Balaban J connectivity index is 1.51. The van der Waals surface area contributed by atoms with E-state index in [1.807, 2.05) is 12.1 Å². The number of alkyl halides is 3. The highest BCUT2D eigenvalue weighted by atomic mass is 32.2. The molecular weight excluding hydrogens is 429 g/mol. The van der Waals surface area contributed by atoms with E-state index < -0.39 is 34.0 Å². The maximum Gasteiger partial charge on any atom is 0.433 e. The SMILES string of the molecule is O=S(=O)(c1ccc(C(F)(F)F)nc1)N1C2Cc3[nH]ncc3C1c1c(C3CC3)cccc12. The first-order valence-electron chi connectivity index (χ1n) is 9.98. The first-order valence-corrected chi connectivity index (χ1v) is 11.4. The van der Waals surface area contributed by atoms with Crippen molar-refractivity contribution < 1.29 is 21.6 Å². The Morgan fingerprint density at radius 2 is 1.81 bits per heavy atom. The van der Waals surface area contributed by atoms with Gasteiger partial charge in [-0.05, 0) is 47.6 Å². The molecule has 31 heavy (non-hydrogen) atoms. The lowest BCUT2D eigenvalue weighted by Crippen LogP contribution is -2.37. The molecule has 6 nitrogen and oxygen atoms in total. The Kier molecular flexibility index (Phi) is 3.78. The van der Waals surface area contributed by atoms with Gasteiger partial charge in [0, 0.05) is 23.9 Å². The number of aromatic amines is 1. The Morgan fingerprint density at radius 3 is 2.48 bits per heavy atom. The molecule has 1 aromatic carbocycles. The zero-order valence-electron chi connectivity index (χ0n) is 16.1. The highest BCUT2D eigenvalue weighted by Crippen LogP contribution is 2.57. The number of H-pyrrole nitrogens is 1. The lowest BCUT2D eigenvalue weighted by atomic mass is 9.93. The third-order valence-corrected chi connectivity index (χ3v) is 8.29. The van der Waals surface area contributed by atoms with Crippen molar-refractivity contribution in [2.75, 3.05) is 0 Å². The van der Waals surface area contributed by atoms with E-state index in [1.165, 1.54) is 4.31 Å². The predicted octanol–water partition coefficient (Wildman–Crippen LogP) is 4.09. The fraction of sp³-hybridized carbons (Fsp3) is 0.333. The molecule has 2 atom stereocenters. The van der Waals surface area contributed by atoms with E-state index in [1.54, 1.807) is 6.20 Å². The molecule has 1 N–H and O–H groups in total. The summed E-state index contributed by atoms with van der Waals surface area (Å²) in [6.07, 6.45) is 0.397. The van der Waals surface area contributed by atoms with Crippen molar-refractivity contribution in [3.05, 3.63) is 76.4 Å². The average Bonchev–Trinajstić information content (AvgIpc) is 3.42. The quantitative estimate of drug-likeness (QED) is 0.657.